The minimum Gasteiger partial charge on any atom is -0.456 e. The van der Waals surface area contributed by atoms with Crippen LogP contribution < -0.4 is 0 Å². The molecule has 5 nitrogen and oxygen atoms in total. The maximum Gasteiger partial charge on any atom is 0.164 e. The number of furan rings is 1. The first kappa shape index (κ1) is 34.5. The predicted octanol–water partition coefficient (Wildman–Crippen LogP) is 15.7. The lowest BCUT2D eigenvalue weighted by Gasteiger charge is -2.10. The Kier molecular flexibility index (Phi) is 7.21. The Morgan fingerprint density at radius 2 is 0.984 bits per heavy atom. The number of rotatable bonds is 4. The van der Waals surface area contributed by atoms with Gasteiger partial charge in [-0.05, 0) is 75.5 Å². The molecule has 0 saturated carbocycles. The fourth-order valence-electron chi connectivity index (χ4n) is 9.81. The van der Waals surface area contributed by atoms with Gasteiger partial charge in [0.05, 0.1) is 11.0 Å². The van der Waals surface area contributed by atoms with Crippen molar-refractivity contribution in [2.24, 2.45) is 0 Å². The highest BCUT2D eigenvalue weighted by Gasteiger charge is 2.20. The predicted molar refractivity (Wildman–Crippen MR) is 263 cm³/mol. The van der Waals surface area contributed by atoms with Gasteiger partial charge in [0.1, 0.15) is 11.2 Å². The van der Waals surface area contributed by atoms with Crippen LogP contribution in [0.3, 0.4) is 0 Å². The summed E-state index contributed by atoms with van der Waals surface area (Å²) in [6.07, 6.45) is 0. The highest BCUT2D eigenvalue weighted by Crippen LogP contribution is 2.42. The average molecular weight is 821 g/mol. The molecule has 0 unspecified atom stereocenters. The van der Waals surface area contributed by atoms with E-state index in [-0.39, 0.29) is 0 Å². The number of hydrogen-bond acceptors (Lipinski definition) is 5. The highest BCUT2D eigenvalue weighted by molar-refractivity contribution is 7.25. The van der Waals surface area contributed by atoms with Crippen LogP contribution in [-0.2, 0) is 0 Å². The SMILES string of the molecule is c1ccc(-c2nc(-c3ccc4c(c3)sc3ccccc34)nc(-c3ccc4ccc5oc6cc(-n7c8cc9ccccc9cc8c8ccc9ccccc9c87)ccc6c5c4c3)n2)cc1. The summed E-state index contributed by atoms with van der Waals surface area (Å²) in [6.45, 7) is 0. The van der Waals surface area contributed by atoms with Crippen LogP contribution in [0.25, 0.3) is 136 Å². The minimum absolute atomic E-state index is 0.621. The van der Waals surface area contributed by atoms with E-state index >= 15 is 0 Å². The molecule has 0 atom stereocenters. The zero-order valence-electron chi connectivity index (χ0n) is 33.6. The fraction of sp³-hybridized carbons (Fsp3) is 0. The monoisotopic (exact) mass is 820 g/mol. The maximum atomic E-state index is 6.78. The molecule has 0 N–H and O–H groups in total. The van der Waals surface area contributed by atoms with Crippen molar-refractivity contribution in [2.45, 2.75) is 0 Å². The molecule has 292 valence electrons. The number of hydrogen-bond donors (Lipinski definition) is 0. The van der Waals surface area contributed by atoms with E-state index in [9.17, 15) is 0 Å². The Morgan fingerprint density at radius 3 is 1.84 bits per heavy atom. The standard InChI is InChI=1S/C57H32N4OS/c1-2-11-35(12-3-1)55-58-56(60-57(59-55)39-21-24-43-42-16-8-9-17-51(42)63-52(43)31-39)38-19-18-34-22-27-49-53(46(34)29-38)45-26-23-40(32-50(45)62-49)61-48-30-37-14-5-4-13-36(37)28-47(48)44-25-20-33-10-6-7-15-41(33)54(44)61/h1-32H. The van der Waals surface area contributed by atoms with E-state index < -0.39 is 0 Å². The van der Waals surface area contributed by atoms with E-state index in [1.165, 1.54) is 63.5 Å². The van der Waals surface area contributed by atoms with Crippen molar-refractivity contribution in [1.29, 1.82) is 0 Å². The maximum absolute atomic E-state index is 6.78. The number of benzene rings is 10. The average Bonchev–Trinajstić information content (AvgIpc) is 4.02. The highest BCUT2D eigenvalue weighted by atomic mass is 32.1. The molecule has 0 bridgehead atoms. The zero-order valence-corrected chi connectivity index (χ0v) is 34.4. The lowest BCUT2D eigenvalue weighted by atomic mass is 10.0. The van der Waals surface area contributed by atoms with Crippen LogP contribution in [0.2, 0.25) is 0 Å². The summed E-state index contributed by atoms with van der Waals surface area (Å²) in [5.41, 5.74) is 7.89. The van der Waals surface area contributed by atoms with E-state index in [0.29, 0.717) is 17.5 Å². The van der Waals surface area contributed by atoms with Crippen molar-refractivity contribution in [3.8, 4) is 39.9 Å². The molecule has 14 rings (SSSR count). The summed E-state index contributed by atoms with van der Waals surface area (Å²) in [5, 5.41) is 14.2. The quantitative estimate of drug-likeness (QED) is 0.177. The van der Waals surface area contributed by atoms with Crippen molar-refractivity contribution in [1.82, 2.24) is 19.5 Å². The van der Waals surface area contributed by atoms with Gasteiger partial charge in [0, 0.05) is 75.5 Å². The summed E-state index contributed by atoms with van der Waals surface area (Å²) < 4.78 is 11.7. The van der Waals surface area contributed by atoms with Gasteiger partial charge in [-0.1, -0.05) is 140 Å². The zero-order chi connectivity index (χ0) is 41.2. The van der Waals surface area contributed by atoms with Crippen LogP contribution in [0.15, 0.2) is 199 Å². The molecule has 63 heavy (non-hydrogen) atoms. The van der Waals surface area contributed by atoms with E-state index in [4.69, 9.17) is 19.4 Å². The van der Waals surface area contributed by atoms with Gasteiger partial charge in [-0.15, -0.1) is 11.3 Å². The van der Waals surface area contributed by atoms with Gasteiger partial charge in [0.15, 0.2) is 17.5 Å². The van der Waals surface area contributed by atoms with Crippen LogP contribution in [0, 0.1) is 0 Å². The lowest BCUT2D eigenvalue weighted by Crippen LogP contribution is -2.00. The molecule has 10 aromatic carbocycles. The Hall–Kier alpha value is -8.19. The number of fused-ring (bicyclic) bond motifs is 14. The van der Waals surface area contributed by atoms with E-state index in [1.807, 2.05) is 18.2 Å². The number of thiophene rings is 1. The number of nitrogens with zero attached hydrogens (tertiary/aromatic N) is 4. The van der Waals surface area contributed by atoms with Gasteiger partial charge >= 0.3 is 0 Å². The molecule has 4 heterocycles. The van der Waals surface area contributed by atoms with Crippen molar-refractivity contribution in [2.75, 3.05) is 0 Å². The molecule has 0 aliphatic rings. The van der Waals surface area contributed by atoms with Crippen molar-refractivity contribution >= 4 is 108 Å². The summed E-state index contributed by atoms with van der Waals surface area (Å²) in [5.74, 6) is 1.90. The summed E-state index contributed by atoms with van der Waals surface area (Å²) in [7, 11) is 0. The van der Waals surface area contributed by atoms with Crippen molar-refractivity contribution in [3.63, 3.8) is 0 Å². The second kappa shape index (κ2) is 13.2. The summed E-state index contributed by atoms with van der Waals surface area (Å²) in [6, 6.07) is 69.2. The molecular formula is C57H32N4OS. The second-order valence-electron chi connectivity index (χ2n) is 16.4. The molecule has 0 saturated heterocycles. The minimum atomic E-state index is 0.621. The van der Waals surface area contributed by atoms with Crippen LogP contribution >= 0.6 is 11.3 Å². The third-order valence-electron chi connectivity index (χ3n) is 12.8. The molecule has 0 radical (unpaired) electrons. The molecule has 0 aliphatic carbocycles. The second-order valence-corrected chi connectivity index (χ2v) is 17.5. The molecular weight excluding hydrogens is 789 g/mol. The molecule has 0 spiro atoms. The Bertz CT molecular complexity index is 4220. The van der Waals surface area contributed by atoms with Crippen LogP contribution in [0.4, 0.5) is 0 Å². The third-order valence-corrected chi connectivity index (χ3v) is 13.9. The van der Waals surface area contributed by atoms with Gasteiger partial charge in [0.2, 0.25) is 0 Å². The van der Waals surface area contributed by atoms with Crippen LogP contribution in [0.5, 0.6) is 0 Å². The van der Waals surface area contributed by atoms with Gasteiger partial charge in [0.25, 0.3) is 0 Å². The van der Waals surface area contributed by atoms with E-state index in [2.05, 4.69) is 180 Å². The van der Waals surface area contributed by atoms with E-state index in [1.54, 1.807) is 11.3 Å². The van der Waals surface area contributed by atoms with Crippen molar-refractivity contribution in [3.05, 3.63) is 194 Å². The normalized spacial score (nSPS) is 12.1. The topological polar surface area (TPSA) is 56.7 Å². The van der Waals surface area contributed by atoms with E-state index in [0.717, 1.165) is 55.1 Å². The molecule has 6 heteroatoms. The third kappa shape index (κ3) is 5.25. The number of aromatic nitrogens is 4. The first-order valence-electron chi connectivity index (χ1n) is 21.2. The van der Waals surface area contributed by atoms with Gasteiger partial charge < -0.3 is 8.98 Å². The molecule has 14 aromatic rings. The molecule has 0 fully saturated rings. The fourth-order valence-corrected chi connectivity index (χ4v) is 11.0. The van der Waals surface area contributed by atoms with Gasteiger partial charge in [-0.2, -0.15) is 0 Å². The lowest BCUT2D eigenvalue weighted by molar-refractivity contribution is 0.669. The largest absolute Gasteiger partial charge is 0.456 e. The Morgan fingerprint density at radius 1 is 0.365 bits per heavy atom. The van der Waals surface area contributed by atoms with Gasteiger partial charge in [-0.25, -0.2) is 15.0 Å². The van der Waals surface area contributed by atoms with Crippen molar-refractivity contribution < 1.29 is 4.42 Å². The summed E-state index contributed by atoms with van der Waals surface area (Å²) >= 11 is 1.80. The molecule has 4 aromatic heterocycles. The summed E-state index contributed by atoms with van der Waals surface area (Å²) in [4.78, 5) is 15.4. The first-order valence-corrected chi connectivity index (χ1v) is 22.0. The molecule has 0 amide bonds. The molecule has 0 aliphatic heterocycles. The van der Waals surface area contributed by atoms with Crippen LogP contribution in [-0.4, -0.2) is 19.5 Å². The van der Waals surface area contributed by atoms with Gasteiger partial charge in [-0.3, -0.25) is 0 Å². The Balaban J connectivity index is 0.954. The smallest absolute Gasteiger partial charge is 0.164 e. The first-order chi connectivity index (χ1) is 31.2. The van der Waals surface area contributed by atoms with Crippen LogP contribution in [0.1, 0.15) is 0 Å². The Labute approximate surface area is 363 Å².